The normalized spacial score (nSPS) is 23.6. The van der Waals surface area contributed by atoms with Gasteiger partial charge in [0.2, 0.25) is 0 Å². The molecule has 3 atom stereocenters. The lowest BCUT2D eigenvalue weighted by Crippen LogP contribution is -2.43. The second-order valence-corrected chi connectivity index (χ2v) is 7.42. The number of amides is 1. The summed E-state index contributed by atoms with van der Waals surface area (Å²) in [5.41, 5.74) is 2.39. The van der Waals surface area contributed by atoms with Crippen LogP contribution in [0, 0.1) is 17.6 Å². The summed E-state index contributed by atoms with van der Waals surface area (Å²) in [4.78, 5) is 27.7. The maximum atomic E-state index is 14.7. The number of hydrogen-bond acceptors (Lipinski definition) is 6. The average Bonchev–Trinajstić information content (AvgIpc) is 3.54. The number of methoxy groups -OCH3 is 1. The fraction of sp³-hybridized carbons (Fsp3) is 0.286. The molecule has 1 aliphatic heterocycles. The number of nitrogens with one attached hydrogen (secondary N) is 1. The van der Waals surface area contributed by atoms with E-state index < -0.39 is 59.1 Å². The number of carbonyl (C=O) groups excluding carboxylic acids is 2. The Morgan fingerprint density at radius 2 is 1.88 bits per heavy atom. The zero-order valence-electron chi connectivity index (χ0n) is 16.6. The van der Waals surface area contributed by atoms with Crippen molar-refractivity contribution >= 4 is 23.6 Å². The molecular weight excluding hydrogens is 434 g/mol. The van der Waals surface area contributed by atoms with E-state index in [0.29, 0.717) is 6.07 Å². The van der Waals surface area contributed by atoms with Gasteiger partial charge in [-0.15, -0.1) is 0 Å². The van der Waals surface area contributed by atoms with E-state index in [2.05, 4.69) is 15.0 Å². The highest BCUT2D eigenvalue weighted by atomic mass is 19.3. The predicted octanol–water partition coefficient (Wildman–Crippen LogP) is 3.20. The Hall–Kier alpha value is -3.63. The lowest BCUT2D eigenvalue weighted by Gasteiger charge is -2.33. The van der Waals surface area contributed by atoms with Crippen LogP contribution in [0.1, 0.15) is 32.7 Å². The molecule has 3 N–H and O–H groups in total. The molecule has 0 aromatic heterocycles. The number of carbonyl (C=O) groups is 2. The first-order valence-corrected chi connectivity index (χ1v) is 9.46. The number of halogens is 4. The number of benzene rings is 2. The van der Waals surface area contributed by atoms with E-state index in [-0.39, 0.29) is 23.2 Å². The number of amidine groups is 1. The van der Waals surface area contributed by atoms with Crippen molar-refractivity contribution < 1.29 is 36.6 Å². The van der Waals surface area contributed by atoms with Gasteiger partial charge in [-0.25, -0.2) is 27.3 Å². The lowest BCUT2D eigenvalue weighted by molar-refractivity contribution is 0.0173. The van der Waals surface area contributed by atoms with Gasteiger partial charge in [0.25, 0.3) is 18.4 Å². The molecule has 1 unspecified atom stereocenters. The van der Waals surface area contributed by atoms with Crippen LogP contribution in [0.25, 0.3) is 0 Å². The van der Waals surface area contributed by atoms with Gasteiger partial charge in [0.15, 0.2) is 17.2 Å². The van der Waals surface area contributed by atoms with Crippen LogP contribution in [0.5, 0.6) is 0 Å². The van der Waals surface area contributed by atoms with E-state index in [1.54, 1.807) is 0 Å². The molecule has 32 heavy (non-hydrogen) atoms. The zero-order chi connectivity index (χ0) is 23.2. The average molecular weight is 451 g/mol. The van der Waals surface area contributed by atoms with E-state index in [4.69, 9.17) is 10.5 Å². The summed E-state index contributed by atoms with van der Waals surface area (Å²) in [5.74, 6) is -5.16. The quantitative estimate of drug-likeness (QED) is 0.537. The van der Waals surface area contributed by atoms with Crippen LogP contribution in [-0.4, -0.2) is 37.5 Å². The largest absolute Gasteiger partial charge is 0.465 e. The van der Waals surface area contributed by atoms with Crippen molar-refractivity contribution in [1.82, 2.24) is 0 Å². The van der Waals surface area contributed by atoms with Crippen LogP contribution in [0.15, 0.2) is 41.4 Å². The Labute approximate surface area is 179 Å². The highest BCUT2D eigenvalue weighted by molar-refractivity contribution is 6.04. The number of rotatable bonds is 5. The van der Waals surface area contributed by atoms with Crippen molar-refractivity contribution in [2.45, 2.75) is 24.5 Å². The minimum atomic E-state index is -3.20. The van der Waals surface area contributed by atoms with E-state index in [1.165, 1.54) is 31.4 Å². The van der Waals surface area contributed by atoms with Crippen molar-refractivity contribution in [3.63, 3.8) is 0 Å². The van der Waals surface area contributed by atoms with Gasteiger partial charge in [-0.3, -0.25) is 4.79 Å². The van der Waals surface area contributed by atoms with Gasteiger partial charge in [-0.05, 0) is 36.8 Å². The number of aliphatic imine (C=N–C) groups is 1. The molecular formula is C21H17F4N3O4. The number of fused-ring (bicyclic) bond motifs is 1. The van der Waals surface area contributed by atoms with E-state index in [9.17, 15) is 27.2 Å². The fourth-order valence-electron chi connectivity index (χ4n) is 3.83. The number of alkyl halides is 2. The molecule has 1 fully saturated rings. The number of hydrogen-bond donors (Lipinski definition) is 2. The van der Waals surface area contributed by atoms with Crippen LogP contribution in [-0.2, 0) is 15.0 Å². The molecule has 1 heterocycles. The topological polar surface area (TPSA) is 103 Å². The monoisotopic (exact) mass is 451 g/mol. The standard InChI is InChI=1S/C21H17F4N3O4/c1-31-18(30)10-4-2-9(3-5-10)17(29)27-11-6-13(16(23)14(22)7-11)21(19(24)25)12-8-15(12)32-20(26)28-21/h2-7,12,15,19H,8H2,1H3,(H2,26,28)(H,27,29)/t12-,15?,21-/m1/s1. The molecule has 0 radical (unpaired) electrons. The maximum Gasteiger partial charge on any atom is 0.337 e. The molecule has 2 aliphatic rings. The van der Waals surface area contributed by atoms with Crippen LogP contribution >= 0.6 is 0 Å². The smallest absolute Gasteiger partial charge is 0.337 e. The second-order valence-electron chi connectivity index (χ2n) is 7.42. The van der Waals surface area contributed by atoms with Crippen LogP contribution in [0.2, 0.25) is 0 Å². The Morgan fingerprint density at radius 3 is 2.50 bits per heavy atom. The number of nitrogens with zero attached hydrogens (tertiary/aromatic N) is 1. The number of esters is 1. The Balaban J connectivity index is 1.68. The third-order valence-electron chi connectivity index (χ3n) is 5.48. The van der Waals surface area contributed by atoms with Crippen LogP contribution < -0.4 is 11.1 Å². The first-order valence-electron chi connectivity index (χ1n) is 9.46. The first-order chi connectivity index (χ1) is 15.2. The Bertz CT molecular complexity index is 1120. The van der Waals surface area contributed by atoms with Gasteiger partial charge in [-0.1, -0.05) is 0 Å². The molecule has 4 rings (SSSR count). The minimum absolute atomic E-state index is 0.0862. The van der Waals surface area contributed by atoms with Gasteiger partial charge >= 0.3 is 5.97 Å². The van der Waals surface area contributed by atoms with Gasteiger partial charge in [-0.2, -0.15) is 0 Å². The molecule has 0 bridgehead atoms. The van der Waals surface area contributed by atoms with Crippen LogP contribution in [0.4, 0.5) is 23.2 Å². The summed E-state index contributed by atoms with van der Waals surface area (Å²) in [6.07, 6.45) is -3.72. The third kappa shape index (κ3) is 3.53. The van der Waals surface area contributed by atoms with Crippen molar-refractivity contribution in [2.75, 3.05) is 12.4 Å². The highest BCUT2D eigenvalue weighted by Gasteiger charge is 2.64. The van der Waals surface area contributed by atoms with E-state index in [0.717, 1.165) is 6.07 Å². The van der Waals surface area contributed by atoms with Crippen molar-refractivity contribution in [1.29, 1.82) is 0 Å². The summed E-state index contributed by atoms with van der Waals surface area (Å²) >= 11 is 0. The Kier molecular flexibility index (Phi) is 5.27. The van der Waals surface area contributed by atoms with Gasteiger partial charge in [0.05, 0.1) is 12.7 Å². The Morgan fingerprint density at radius 1 is 1.22 bits per heavy atom. The van der Waals surface area contributed by atoms with Crippen molar-refractivity contribution in [3.8, 4) is 0 Å². The summed E-state index contributed by atoms with van der Waals surface area (Å²) in [6.45, 7) is 0. The fourth-order valence-corrected chi connectivity index (χ4v) is 3.83. The lowest BCUT2D eigenvalue weighted by atomic mass is 9.84. The SMILES string of the molecule is COC(=O)c1ccc(C(=O)Nc2cc(F)c(F)c([C@]3(C(F)F)N=C(N)OC4C[C@H]43)c2)cc1. The molecule has 7 nitrogen and oxygen atoms in total. The number of anilines is 1. The summed E-state index contributed by atoms with van der Waals surface area (Å²) in [7, 11) is 1.20. The molecule has 2 aromatic carbocycles. The molecule has 0 spiro atoms. The van der Waals surface area contributed by atoms with Crippen molar-refractivity contribution in [3.05, 3.63) is 64.7 Å². The summed E-state index contributed by atoms with van der Waals surface area (Å²) in [6, 6.07) is 6.39. The molecule has 2 aromatic rings. The summed E-state index contributed by atoms with van der Waals surface area (Å²) in [5, 5.41) is 2.35. The summed E-state index contributed by atoms with van der Waals surface area (Å²) < 4.78 is 67.1. The first kappa shape index (κ1) is 21.6. The highest BCUT2D eigenvalue weighted by Crippen LogP contribution is 2.56. The molecule has 168 valence electrons. The van der Waals surface area contributed by atoms with Gasteiger partial charge < -0.3 is 20.5 Å². The predicted molar refractivity (Wildman–Crippen MR) is 104 cm³/mol. The molecule has 0 saturated heterocycles. The minimum Gasteiger partial charge on any atom is -0.465 e. The number of nitrogens with two attached hydrogens (primary N) is 1. The second kappa shape index (κ2) is 7.81. The molecule has 1 aliphatic carbocycles. The number of ether oxygens (including phenoxy) is 2. The third-order valence-corrected chi connectivity index (χ3v) is 5.48. The van der Waals surface area contributed by atoms with Gasteiger partial charge in [0.1, 0.15) is 6.10 Å². The van der Waals surface area contributed by atoms with Gasteiger partial charge in [0, 0.05) is 28.8 Å². The maximum absolute atomic E-state index is 14.7. The van der Waals surface area contributed by atoms with E-state index >= 15 is 0 Å². The van der Waals surface area contributed by atoms with Crippen LogP contribution in [0.3, 0.4) is 0 Å². The molecule has 1 amide bonds. The zero-order valence-corrected chi connectivity index (χ0v) is 16.6. The van der Waals surface area contributed by atoms with Crippen molar-refractivity contribution in [2.24, 2.45) is 16.6 Å². The van der Waals surface area contributed by atoms with E-state index in [1.807, 2.05) is 0 Å². The molecule has 11 heteroatoms. The molecule has 1 saturated carbocycles.